The maximum absolute atomic E-state index is 7.62. The third-order valence-electron chi connectivity index (χ3n) is 4.11. The third kappa shape index (κ3) is 7.71. The minimum absolute atomic E-state index is 0.0645. The fourth-order valence-electron chi connectivity index (χ4n) is 2.37. The van der Waals surface area contributed by atoms with Crippen LogP contribution in [0.3, 0.4) is 0 Å². The number of aliphatic hydroxyl groups excluding tert-OH is 2. The fourth-order valence-corrected chi connectivity index (χ4v) is 2.37. The Hall–Kier alpha value is -0.320. The Morgan fingerprint density at radius 1 is 0.667 bits per heavy atom. The Kier molecular flexibility index (Phi) is 7.23. The van der Waals surface area contributed by atoms with Crippen LogP contribution in [-0.2, 0) is 28.4 Å². The first kappa shape index (κ1) is 18.5. The van der Waals surface area contributed by atoms with E-state index in [1.54, 1.807) is 0 Å². The van der Waals surface area contributed by atoms with Gasteiger partial charge < -0.3 is 38.6 Å². The van der Waals surface area contributed by atoms with Gasteiger partial charge in [0.1, 0.15) is 12.2 Å². The predicted octanol–water partition coefficient (Wildman–Crippen LogP) is -0.897. The Labute approximate surface area is 141 Å². The van der Waals surface area contributed by atoms with Crippen molar-refractivity contribution in [2.75, 3.05) is 52.9 Å². The van der Waals surface area contributed by atoms with Crippen molar-refractivity contribution in [1.82, 2.24) is 0 Å². The molecule has 4 heterocycles. The topological polar surface area (TPSA) is 109 Å². The van der Waals surface area contributed by atoms with Crippen LogP contribution in [0.2, 0.25) is 0 Å². The number of aliphatic hydroxyl groups is 2. The van der Waals surface area contributed by atoms with Crippen LogP contribution in [0.15, 0.2) is 0 Å². The van der Waals surface area contributed by atoms with Crippen molar-refractivity contribution in [1.29, 1.82) is 0 Å². The smallest absolute Gasteiger partial charge is 0.104 e. The lowest BCUT2D eigenvalue weighted by molar-refractivity contribution is -0.0888. The number of ether oxygens (including phenoxy) is 6. The van der Waals surface area contributed by atoms with Crippen molar-refractivity contribution >= 4 is 0 Å². The van der Waals surface area contributed by atoms with Gasteiger partial charge in [0, 0.05) is 12.8 Å². The molecule has 0 radical (unpaired) electrons. The van der Waals surface area contributed by atoms with Crippen LogP contribution in [-0.4, -0.2) is 99.7 Å². The maximum Gasteiger partial charge on any atom is 0.104 e. The van der Waals surface area contributed by atoms with Crippen LogP contribution in [0.4, 0.5) is 0 Å². The minimum atomic E-state index is -0.125. The van der Waals surface area contributed by atoms with E-state index in [0.29, 0.717) is 25.4 Å². The summed E-state index contributed by atoms with van der Waals surface area (Å²) in [6.45, 7) is 4.39. The predicted molar refractivity (Wildman–Crippen MR) is 81.8 cm³/mol. The lowest BCUT2D eigenvalue weighted by Gasteiger charge is -2.26. The monoisotopic (exact) mass is 348 g/mol. The molecular weight excluding hydrogens is 320 g/mol. The van der Waals surface area contributed by atoms with Gasteiger partial charge in [-0.3, -0.25) is 0 Å². The lowest BCUT2D eigenvalue weighted by Crippen LogP contribution is -2.36. The Morgan fingerprint density at radius 2 is 1.00 bits per heavy atom. The van der Waals surface area contributed by atoms with Gasteiger partial charge >= 0.3 is 0 Å². The lowest BCUT2D eigenvalue weighted by atomic mass is 10.0. The van der Waals surface area contributed by atoms with Gasteiger partial charge in [-0.15, -0.1) is 0 Å². The van der Waals surface area contributed by atoms with Crippen molar-refractivity contribution in [2.24, 2.45) is 0 Å². The van der Waals surface area contributed by atoms with Crippen LogP contribution in [0, 0.1) is 0 Å². The van der Waals surface area contributed by atoms with Crippen molar-refractivity contribution in [3.8, 4) is 0 Å². The largest absolute Gasteiger partial charge is 0.394 e. The summed E-state index contributed by atoms with van der Waals surface area (Å²) in [6.07, 6.45) is 3.16. The zero-order valence-electron chi connectivity index (χ0n) is 13.9. The zero-order chi connectivity index (χ0) is 16.8. The summed E-state index contributed by atoms with van der Waals surface area (Å²) in [7, 11) is 0. The standard InChI is InChI=1S/C14H22O6.C2H6O2/c1(9-3-15-9)13(19-7-11-5-17-11)14(2-10-4-16-10)20-8-12-6-18-12;3-1-2-4/h9-14H,1-8H2;3-4H,1-2H2. The van der Waals surface area contributed by atoms with Gasteiger partial charge in [0.2, 0.25) is 0 Å². The Balaban J connectivity index is 0.000000383. The third-order valence-corrected chi connectivity index (χ3v) is 4.11. The second-order valence-electron chi connectivity index (χ2n) is 6.48. The molecule has 2 N–H and O–H groups in total. The van der Waals surface area contributed by atoms with Crippen molar-refractivity contribution in [3.05, 3.63) is 0 Å². The zero-order valence-corrected chi connectivity index (χ0v) is 13.9. The van der Waals surface area contributed by atoms with Crippen molar-refractivity contribution in [3.63, 3.8) is 0 Å². The molecule has 4 aliphatic rings. The summed E-state index contributed by atoms with van der Waals surface area (Å²) in [5, 5.41) is 15.2. The highest BCUT2D eigenvalue weighted by Gasteiger charge is 2.38. The summed E-state index contributed by atoms with van der Waals surface area (Å²) in [5.41, 5.74) is 0. The first-order chi connectivity index (χ1) is 11.8. The molecule has 0 saturated carbocycles. The van der Waals surface area contributed by atoms with Crippen molar-refractivity contribution in [2.45, 2.75) is 49.5 Å². The molecule has 24 heavy (non-hydrogen) atoms. The maximum atomic E-state index is 7.62. The van der Waals surface area contributed by atoms with Crippen LogP contribution in [0.25, 0.3) is 0 Å². The molecule has 4 fully saturated rings. The van der Waals surface area contributed by atoms with Gasteiger partial charge in [-0.25, -0.2) is 0 Å². The molecule has 4 rings (SSSR count). The molecule has 0 aliphatic carbocycles. The average molecular weight is 348 g/mol. The summed E-state index contributed by atoms with van der Waals surface area (Å²) in [4.78, 5) is 0. The van der Waals surface area contributed by atoms with E-state index in [4.69, 9.17) is 38.6 Å². The van der Waals surface area contributed by atoms with Gasteiger partial charge in [0.25, 0.3) is 0 Å². The highest BCUT2D eigenvalue weighted by atomic mass is 16.6. The van der Waals surface area contributed by atoms with Gasteiger partial charge in [-0.05, 0) is 0 Å². The van der Waals surface area contributed by atoms with Crippen LogP contribution >= 0.6 is 0 Å². The van der Waals surface area contributed by atoms with E-state index >= 15 is 0 Å². The molecule has 0 aromatic carbocycles. The first-order valence-corrected chi connectivity index (χ1v) is 8.69. The summed E-state index contributed by atoms with van der Waals surface area (Å²) in [6, 6.07) is 0. The molecule has 6 unspecified atom stereocenters. The quantitative estimate of drug-likeness (QED) is 0.437. The molecule has 0 bridgehead atoms. The molecule has 140 valence electrons. The van der Waals surface area contributed by atoms with Crippen LogP contribution in [0.1, 0.15) is 12.8 Å². The van der Waals surface area contributed by atoms with Gasteiger partial charge in [-0.2, -0.15) is 0 Å². The SMILES string of the molecule is C1OC1COC(CC1CO1)C(CC1CO1)OCC1CO1.OCCO. The molecule has 0 amide bonds. The number of hydrogen-bond acceptors (Lipinski definition) is 8. The van der Waals surface area contributed by atoms with E-state index in [9.17, 15) is 0 Å². The highest BCUT2D eigenvalue weighted by Crippen LogP contribution is 2.28. The molecule has 0 spiro atoms. The van der Waals surface area contributed by atoms with Gasteiger partial charge in [0.15, 0.2) is 0 Å². The second kappa shape index (κ2) is 9.40. The average Bonchev–Trinajstić information content (AvgIpc) is 3.44. The molecule has 0 aromatic heterocycles. The molecular formula is C16H28O8. The van der Waals surface area contributed by atoms with Gasteiger partial charge in [-0.1, -0.05) is 0 Å². The van der Waals surface area contributed by atoms with Crippen molar-refractivity contribution < 1.29 is 38.6 Å². The minimum Gasteiger partial charge on any atom is -0.394 e. The fraction of sp³-hybridized carbons (Fsp3) is 1.00. The van der Waals surface area contributed by atoms with E-state index in [0.717, 1.165) is 39.3 Å². The second-order valence-corrected chi connectivity index (χ2v) is 6.48. The van der Waals surface area contributed by atoms with Crippen LogP contribution in [0.5, 0.6) is 0 Å². The summed E-state index contributed by atoms with van der Waals surface area (Å²) < 4.78 is 33.2. The van der Waals surface area contributed by atoms with Crippen LogP contribution < -0.4 is 0 Å². The van der Waals surface area contributed by atoms with E-state index in [-0.39, 0.29) is 37.6 Å². The normalized spacial score (nSPS) is 34.8. The molecule has 8 heteroatoms. The summed E-state index contributed by atoms with van der Waals surface area (Å²) >= 11 is 0. The molecule has 4 saturated heterocycles. The number of hydrogen-bond donors (Lipinski definition) is 2. The number of epoxide rings is 4. The first-order valence-electron chi connectivity index (χ1n) is 8.69. The molecule has 4 aliphatic heterocycles. The molecule has 6 atom stereocenters. The van der Waals surface area contributed by atoms with Gasteiger partial charge in [0.05, 0.1) is 77.3 Å². The van der Waals surface area contributed by atoms with E-state index in [2.05, 4.69) is 0 Å². The Bertz CT molecular complexity index is 318. The Morgan fingerprint density at radius 3 is 1.25 bits per heavy atom. The summed E-state index contributed by atoms with van der Waals surface area (Å²) in [5.74, 6) is 0. The number of rotatable bonds is 12. The van der Waals surface area contributed by atoms with E-state index in [1.165, 1.54) is 0 Å². The van der Waals surface area contributed by atoms with E-state index < -0.39 is 0 Å². The molecule has 0 aromatic rings. The molecule has 8 nitrogen and oxygen atoms in total. The van der Waals surface area contributed by atoms with E-state index in [1.807, 2.05) is 0 Å². The highest BCUT2D eigenvalue weighted by molar-refractivity contribution is 4.86.